The number of aryl methyl sites for hydroxylation is 1. The van der Waals surface area contributed by atoms with Crippen molar-refractivity contribution >= 4 is 0 Å². The second kappa shape index (κ2) is 4.32. The third-order valence-corrected chi connectivity index (χ3v) is 3.27. The molecule has 0 bridgehead atoms. The van der Waals surface area contributed by atoms with Gasteiger partial charge in [0.15, 0.2) is 0 Å². The van der Waals surface area contributed by atoms with Crippen molar-refractivity contribution < 1.29 is 14.9 Å². The summed E-state index contributed by atoms with van der Waals surface area (Å²) in [5.74, 6) is 1.30. The number of rotatable bonds is 2. The zero-order valence-electron chi connectivity index (χ0n) is 11.3. The van der Waals surface area contributed by atoms with Gasteiger partial charge < -0.3 is 14.9 Å². The molecule has 3 heteroatoms. The second-order valence-electron chi connectivity index (χ2n) is 5.56. The number of ether oxygens (including phenoxy) is 1. The summed E-state index contributed by atoms with van der Waals surface area (Å²) in [6.45, 7) is 7.36. The van der Waals surface area contributed by atoms with E-state index >= 15 is 0 Å². The van der Waals surface area contributed by atoms with Crippen LogP contribution in [-0.2, 0) is 0 Å². The molecule has 3 nitrogen and oxygen atoms in total. The van der Waals surface area contributed by atoms with Gasteiger partial charge in [-0.25, -0.2) is 0 Å². The van der Waals surface area contributed by atoms with Crippen molar-refractivity contribution in [1.29, 1.82) is 0 Å². The zero-order valence-corrected chi connectivity index (χ0v) is 11.3. The summed E-state index contributed by atoms with van der Waals surface area (Å²) in [4.78, 5) is 0. The van der Waals surface area contributed by atoms with Crippen LogP contribution in [0.5, 0.6) is 11.5 Å². The summed E-state index contributed by atoms with van der Waals surface area (Å²) in [5.41, 5.74) is 0.993. The van der Waals surface area contributed by atoms with Crippen LogP contribution in [-0.4, -0.2) is 21.9 Å². The summed E-state index contributed by atoms with van der Waals surface area (Å²) in [5, 5.41) is 19.4. The van der Waals surface area contributed by atoms with Gasteiger partial charge in [0.05, 0.1) is 5.60 Å². The summed E-state index contributed by atoms with van der Waals surface area (Å²) in [6.07, 6.45) is 3.54. The van der Waals surface area contributed by atoms with Crippen molar-refractivity contribution in [3.63, 3.8) is 0 Å². The maximum absolute atomic E-state index is 9.73. The third kappa shape index (κ3) is 2.51. The number of aliphatic hydroxyl groups is 1. The van der Waals surface area contributed by atoms with E-state index in [0.717, 1.165) is 16.9 Å². The molecule has 2 unspecified atom stereocenters. The molecule has 0 radical (unpaired) electrons. The van der Waals surface area contributed by atoms with Crippen LogP contribution in [0.3, 0.4) is 0 Å². The molecule has 0 aliphatic carbocycles. The molecule has 1 aromatic carbocycles. The zero-order chi connectivity index (χ0) is 13.5. The van der Waals surface area contributed by atoms with Crippen molar-refractivity contribution in [2.75, 3.05) is 0 Å². The number of fused-ring (bicyclic) bond motifs is 1. The number of aromatic hydroxyl groups is 1. The number of phenolic OH excluding ortho intramolecular Hbond substituents is 1. The number of phenols is 1. The summed E-state index contributed by atoms with van der Waals surface area (Å²) >= 11 is 0. The lowest BCUT2D eigenvalue weighted by Crippen LogP contribution is -2.18. The lowest BCUT2D eigenvalue weighted by Gasteiger charge is -2.14. The highest BCUT2D eigenvalue weighted by molar-refractivity contribution is 5.50. The maximum Gasteiger partial charge on any atom is 0.124 e. The van der Waals surface area contributed by atoms with Crippen LogP contribution in [0.2, 0.25) is 0 Å². The normalized spacial score (nSPS) is 23.2. The van der Waals surface area contributed by atoms with Crippen LogP contribution < -0.4 is 4.74 Å². The monoisotopic (exact) mass is 248 g/mol. The lowest BCUT2D eigenvalue weighted by atomic mass is 9.95. The Morgan fingerprint density at radius 2 is 2.00 bits per heavy atom. The Labute approximate surface area is 108 Å². The Morgan fingerprint density at radius 1 is 1.33 bits per heavy atom. The number of hydrogen-bond donors (Lipinski definition) is 2. The number of hydrogen-bond acceptors (Lipinski definition) is 3. The van der Waals surface area contributed by atoms with E-state index in [1.165, 1.54) is 0 Å². The van der Waals surface area contributed by atoms with Gasteiger partial charge in [0.25, 0.3) is 0 Å². The van der Waals surface area contributed by atoms with Crippen molar-refractivity contribution in [2.24, 2.45) is 0 Å². The minimum atomic E-state index is -0.837. The molecule has 2 N–H and O–H groups in total. The van der Waals surface area contributed by atoms with Gasteiger partial charge in [0.1, 0.15) is 17.6 Å². The maximum atomic E-state index is 9.73. The van der Waals surface area contributed by atoms with Crippen LogP contribution >= 0.6 is 0 Å². The molecule has 0 fully saturated rings. The van der Waals surface area contributed by atoms with Gasteiger partial charge in [-0.1, -0.05) is 13.0 Å². The van der Waals surface area contributed by atoms with E-state index in [-0.39, 0.29) is 12.0 Å². The Kier molecular flexibility index (Phi) is 3.11. The topological polar surface area (TPSA) is 49.7 Å². The third-order valence-electron chi connectivity index (χ3n) is 3.27. The number of benzene rings is 1. The molecule has 0 aromatic heterocycles. The molecule has 0 spiro atoms. The lowest BCUT2D eigenvalue weighted by molar-refractivity contribution is 0.131. The molecule has 0 amide bonds. The fourth-order valence-corrected chi connectivity index (χ4v) is 2.11. The van der Waals surface area contributed by atoms with Gasteiger partial charge in [-0.05, 0) is 44.5 Å². The highest BCUT2D eigenvalue weighted by Crippen LogP contribution is 2.41. The van der Waals surface area contributed by atoms with Crippen LogP contribution in [0.15, 0.2) is 24.3 Å². The fourth-order valence-electron chi connectivity index (χ4n) is 2.11. The first kappa shape index (κ1) is 13.0. The molecule has 0 saturated carbocycles. The van der Waals surface area contributed by atoms with Crippen molar-refractivity contribution in [3.05, 3.63) is 35.4 Å². The molecular formula is C15H20O3. The van der Waals surface area contributed by atoms with Crippen LogP contribution in [0.4, 0.5) is 0 Å². The van der Waals surface area contributed by atoms with E-state index in [1.54, 1.807) is 26.0 Å². The average molecular weight is 248 g/mol. The van der Waals surface area contributed by atoms with E-state index in [0.29, 0.717) is 5.75 Å². The predicted molar refractivity (Wildman–Crippen MR) is 71.1 cm³/mol. The minimum Gasteiger partial charge on any atom is -0.508 e. The second-order valence-corrected chi connectivity index (χ2v) is 5.56. The first-order valence-electron chi connectivity index (χ1n) is 6.20. The Balaban J connectivity index is 2.25. The molecule has 18 heavy (non-hydrogen) atoms. The molecule has 1 heterocycles. The van der Waals surface area contributed by atoms with Crippen molar-refractivity contribution in [2.45, 2.75) is 45.3 Å². The van der Waals surface area contributed by atoms with E-state index in [2.05, 4.69) is 6.92 Å². The molecule has 0 saturated heterocycles. The molecule has 2 rings (SSSR count). The van der Waals surface area contributed by atoms with E-state index < -0.39 is 5.60 Å². The van der Waals surface area contributed by atoms with Gasteiger partial charge in [-0.2, -0.15) is 0 Å². The first-order valence-corrected chi connectivity index (χ1v) is 6.20. The Bertz CT molecular complexity index is 483. The van der Waals surface area contributed by atoms with Crippen molar-refractivity contribution in [1.82, 2.24) is 0 Å². The first-order chi connectivity index (χ1) is 8.28. The molecule has 98 valence electrons. The molecule has 1 aliphatic rings. The van der Waals surface area contributed by atoms with Gasteiger partial charge in [0, 0.05) is 11.5 Å². The van der Waals surface area contributed by atoms with E-state index in [1.807, 2.05) is 19.1 Å². The molecule has 2 atom stereocenters. The standard InChI is InChI=1S/C15H20O3/c1-9-7-14-11(8-12(9)16)10(2)13(18-14)5-6-15(3,4)17/h5-8,10,13,16-17H,1-4H3. The fraction of sp³-hybridized carbons (Fsp3) is 0.467. The van der Waals surface area contributed by atoms with Gasteiger partial charge in [-0.15, -0.1) is 0 Å². The van der Waals surface area contributed by atoms with Gasteiger partial charge >= 0.3 is 0 Å². The predicted octanol–water partition coefficient (Wildman–Crippen LogP) is 2.89. The van der Waals surface area contributed by atoms with Gasteiger partial charge in [-0.3, -0.25) is 0 Å². The van der Waals surface area contributed by atoms with Crippen LogP contribution in [0, 0.1) is 6.92 Å². The van der Waals surface area contributed by atoms with Gasteiger partial charge in [0.2, 0.25) is 0 Å². The van der Waals surface area contributed by atoms with E-state index in [9.17, 15) is 10.2 Å². The smallest absolute Gasteiger partial charge is 0.124 e. The van der Waals surface area contributed by atoms with Crippen LogP contribution in [0.1, 0.15) is 37.8 Å². The summed E-state index contributed by atoms with van der Waals surface area (Å²) in [7, 11) is 0. The van der Waals surface area contributed by atoms with Crippen molar-refractivity contribution in [3.8, 4) is 11.5 Å². The largest absolute Gasteiger partial charge is 0.508 e. The molecular weight excluding hydrogens is 228 g/mol. The summed E-state index contributed by atoms with van der Waals surface area (Å²) < 4.78 is 5.84. The highest BCUT2D eigenvalue weighted by atomic mass is 16.5. The van der Waals surface area contributed by atoms with Crippen LogP contribution in [0.25, 0.3) is 0 Å². The molecule has 1 aromatic rings. The highest BCUT2D eigenvalue weighted by Gasteiger charge is 2.30. The minimum absolute atomic E-state index is 0.0902. The molecule has 1 aliphatic heterocycles. The summed E-state index contributed by atoms with van der Waals surface area (Å²) in [6, 6.07) is 3.63. The quantitative estimate of drug-likeness (QED) is 0.791. The average Bonchev–Trinajstić information content (AvgIpc) is 2.53. The SMILES string of the molecule is Cc1cc2c(cc1O)C(C)C(C=CC(C)(C)O)O2. The Morgan fingerprint density at radius 3 is 2.61 bits per heavy atom. The Hall–Kier alpha value is -1.48. The van der Waals surface area contributed by atoms with E-state index in [4.69, 9.17) is 4.74 Å².